The van der Waals surface area contributed by atoms with Crippen molar-refractivity contribution in [3.63, 3.8) is 0 Å². The summed E-state index contributed by atoms with van der Waals surface area (Å²) in [6.45, 7) is 0. The number of carbonyl (C=O) groups is 1. The third kappa shape index (κ3) is 1.24. The number of rotatable bonds is 1. The van der Waals surface area contributed by atoms with Gasteiger partial charge >= 0.3 is 11.7 Å². The van der Waals surface area contributed by atoms with Gasteiger partial charge in [0.2, 0.25) is 0 Å². The molecule has 0 unspecified atom stereocenters. The number of aromatic carboxylic acids is 1. The fraction of sp³-hybridized carbons (Fsp3) is 0. The minimum atomic E-state index is -1.20. The Morgan fingerprint density at radius 1 is 1.36 bits per heavy atom. The Morgan fingerprint density at radius 2 is 2.07 bits per heavy atom. The molecule has 5 nitrogen and oxygen atoms in total. The maximum atomic E-state index is 11.0. The average molecular weight is 190 g/mol. The summed E-state index contributed by atoms with van der Waals surface area (Å²) in [6, 6.07) is 6.63. The summed E-state index contributed by atoms with van der Waals surface area (Å²) in [5.41, 5.74) is -0.393. The van der Waals surface area contributed by atoms with Gasteiger partial charge < -0.3 is 10.1 Å². The van der Waals surface area contributed by atoms with Crippen molar-refractivity contribution in [1.29, 1.82) is 0 Å². The molecule has 5 heteroatoms. The molecule has 1 aromatic heterocycles. The van der Waals surface area contributed by atoms with Crippen molar-refractivity contribution in [2.24, 2.45) is 0 Å². The molecule has 70 valence electrons. The van der Waals surface area contributed by atoms with E-state index < -0.39 is 11.7 Å². The van der Waals surface area contributed by atoms with E-state index in [1.807, 2.05) is 0 Å². The Kier molecular flexibility index (Phi) is 1.78. The van der Waals surface area contributed by atoms with Crippen LogP contribution in [0.25, 0.3) is 10.9 Å². The predicted octanol–water partition coefficient (Wildman–Crippen LogP) is 0.621. The molecule has 2 aromatic rings. The molecular formula is C9H6N2O3. The number of aromatic nitrogens is 2. The summed E-state index contributed by atoms with van der Waals surface area (Å²) >= 11 is 0. The molecule has 0 fully saturated rings. The first kappa shape index (κ1) is 8.43. The lowest BCUT2D eigenvalue weighted by Gasteiger charge is -1.99. The van der Waals surface area contributed by atoms with Crippen LogP contribution in [-0.4, -0.2) is 21.0 Å². The standard InChI is InChI=1S/C9H6N2O3/c12-8(13)7-5-3-1-2-4-6(5)10-9(14)11-7/h1-4H,(H,12,13)(H,10,11,14). The van der Waals surface area contributed by atoms with Gasteiger partial charge in [-0.2, -0.15) is 4.98 Å². The van der Waals surface area contributed by atoms with Crippen LogP contribution in [0.5, 0.6) is 0 Å². The van der Waals surface area contributed by atoms with Crippen LogP contribution in [0.3, 0.4) is 0 Å². The fourth-order valence-electron chi connectivity index (χ4n) is 1.27. The second-order valence-electron chi connectivity index (χ2n) is 2.74. The second kappa shape index (κ2) is 2.95. The number of nitrogens with one attached hydrogen (secondary N) is 1. The zero-order chi connectivity index (χ0) is 10.1. The Hall–Kier alpha value is -2.17. The van der Waals surface area contributed by atoms with Gasteiger partial charge in [0.15, 0.2) is 5.69 Å². The molecule has 0 saturated heterocycles. The van der Waals surface area contributed by atoms with Gasteiger partial charge in [0.05, 0.1) is 5.52 Å². The van der Waals surface area contributed by atoms with Crippen LogP contribution in [0, 0.1) is 0 Å². The minimum absolute atomic E-state index is 0.218. The normalized spacial score (nSPS) is 10.3. The van der Waals surface area contributed by atoms with E-state index in [1.165, 1.54) is 0 Å². The van der Waals surface area contributed by atoms with E-state index in [2.05, 4.69) is 9.97 Å². The molecule has 1 aromatic carbocycles. The summed E-state index contributed by atoms with van der Waals surface area (Å²) in [7, 11) is 0. The largest absolute Gasteiger partial charge is 0.476 e. The van der Waals surface area contributed by atoms with Crippen LogP contribution in [0.15, 0.2) is 29.1 Å². The Bertz CT molecular complexity index is 559. The number of H-pyrrole nitrogens is 1. The first-order valence-electron chi connectivity index (χ1n) is 3.91. The monoisotopic (exact) mass is 190 g/mol. The molecule has 0 aliphatic heterocycles. The molecule has 0 spiro atoms. The molecule has 0 amide bonds. The third-order valence-electron chi connectivity index (χ3n) is 1.84. The topological polar surface area (TPSA) is 83.0 Å². The summed E-state index contributed by atoms with van der Waals surface area (Å²) < 4.78 is 0. The molecule has 1 heterocycles. The predicted molar refractivity (Wildman–Crippen MR) is 49.3 cm³/mol. The van der Waals surface area contributed by atoms with Gasteiger partial charge in [0, 0.05) is 5.39 Å². The number of benzene rings is 1. The highest BCUT2D eigenvalue weighted by atomic mass is 16.4. The van der Waals surface area contributed by atoms with E-state index in [-0.39, 0.29) is 5.69 Å². The van der Waals surface area contributed by atoms with Crippen LogP contribution >= 0.6 is 0 Å². The molecule has 2 rings (SSSR count). The zero-order valence-corrected chi connectivity index (χ0v) is 7.02. The van der Waals surface area contributed by atoms with E-state index in [0.29, 0.717) is 10.9 Å². The van der Waals surface area contributed by atoms with Gasteiger partial charge in [0.1, 0.15) is 0 Å². The van der Waals surface area contributed by atoms with Crippen LogP contribution in [0.1, 0.15) is 10.5 Å². The van der Waals surface area contributed by atoms with Crippen LogP contribution in [-0.2, 0) is 0 Å². The van der Waals surface area contributed by atoms with Crippen LogP contribution < -0.4 is 5.69 Å². The Labute approximate surface area is 78.0 Å². The summed E-state index contributed by atoms with van der Waals surface area (Å²) in [4.78, 5) is 27.6. The smallest absolute Gasteiger partial charge is 0.355 e. The van der Waals surface area contributed by atoms with Crippen molar-refractivity contribution >= 4 is 16.9 Å². The Morgan fingerprint density at radius 3 is 2.79 bits per heavy atom. The van der Waals surface area contributed by atoms with Gasteiger partial charge in [-0.1, -0.05) is 18.2 Å². The quantitative estimate of drug-likeness (QED) is 0.690. The zero-order valence-electron chi connectivity index (χ0n) is 7.02. The molecule has 0 aliphatic carbocycles. The third-order valence-corrected chi connectivity index (χ3v) is 1.84. The van der Waals surface area contributed by atoms with Gasteiger partial charge in [-0.05, 0) is 6.07 Å². The van der Waals surface area contributed by atoms with E-state index in [9.17, 15) is 9.59 Å². The van der Waals surface area contributed by atoms with E-state index in [1.54, 1.807) is 24.3 Å². The highest BCUT2D eigenvalue weighted by Gasteiger charge is 2.10. The van der Waals surface area contributed by atoms with Crippen molar-refractivity contribution in [3.05, 3.63) is 40.4 Å². The molecule has 14 heavy (non-hydrogen) atoms. The second-order valence-corrected chi connectivity index (χ2v) is 2.74. The maximum Gasteiger partial charge on any atom is 0.355 e. The molecule has 2 N–H and O–H groups in total. The molecule has 0 radical (unpaired) electrons. The lowest BCUT2D eigenvalue weighted by atomic mass is 10.2. The van der Waals surface area contributed by atoms with E-state index >= 15 is 0 Å². The number of aromatic amines is 1. The van der Waals surface area contributed by atoms with Crippen molar-refractivity contribution in [2.75, 3.05) is 0 Å². The van der Waals surface area contributed by atoms with Gasteiger partial charge in [0.25, 0.3) is 0 Å². The minimum Gasteiger partial charge on any atom is -0.476 e. The van der Waals surface area contributed by atoms with Gasteiger partial charge in [-0.25, -0.2) is 9.59 Å². The maximum absolute atomic E-state index is 11.0. The van der Waals surface area contributed by atoms with Crippen molar-refractivity contribution in [1.82, 2.24) is 9.97 Å². The molecular weight excluding hydrogens is 184 g/mol. The average Bonchev–Trinajstić information content (AvgIpc) is 2.16. The van der Waals surface area contributed by atoms with Crippen molar-refractivity contribution < 1.29 is 9.90 Å². The number of hydrogen-bond acceptors (Lipinski definition) is 3. The fourth-order valence-corrected chi connectivity index (χ4v) is 1.27. The lowest BCUT2D eigenvalue weighted by Crippen LogP contribution is -2.16. The molecule has 0 bridgehead atoms. The number of para-hydroxylation sites is 1. The first-order valence-corrected chi connectivity index (χ1v) is 3.91. The first-order chi connectivity index (χ1) is 6.68. The lowest BCUT2D eigenvalue weighted by molar-refractivity contribution is 0.0692. The number of carboxylic acid groups (broad SMARTS) is 1. The number of nitrogens with zero attached hydrogens (tertiary/aromatic N) is 1. The van der Waals surface area contributed by atoms with Gasteiger partial charge in [-0.3, -0.25) is 0 Å². The molecule has 0 atom stereocenters. The van der Waals surface area contributed by atoms with Crippen molar-refractivity contribution in [2.45, 2.75) is 0 Å². The van der Waals surface area contributed by atoms with Crippen molar-refractivity contribution in [3.8, 4) is 0 Å². The summed E-state index contributed by atoms with van der Waals surface area (Å²) in [5, 5.41) is 9.22. The molecule has 0 aliphatic rings. The summed E-state index contributed by atoms with van der Waals surface area (Å²) in [5.74, 6) is -1.20. The molecule has 0 saturated carbocycles. The van der Waals surface area contributed by atoms with Crippen LogP contribution in [0.2, 0.25) is 0 Å². The highest BCUT2D eigenvalue weighted by Crippen LogP contribution is 2.11. The number of carboxylic acids is 1. The Balaban J connectivity index is 2.94. The van der Waals surface area contributed by atoms with E-state index in [4.69, 9.17) is 5.11 Å². The highest BCUT2D eigenvalue weighted by molar-refractivity contribution is 6.00. The van der Waals surface area contributed by atoms with E-state index in [0.717, 1.165) is 0 Å². The van der Waals surface area contributed by atoms with Crippen LogP contribution in [0.4, 0.5) is 0 Å². The number of hydrogen-bond donors (Lipinski definition) is 2. The summed E-state index contributed by atoms with van der Waals surface area (Å²) in [6.07, 6.45) is 0. The van der Waals surface area contributed by atoms with Gasteiger partial charge in [-0.15, -0.1) is 0 Å². The SMILES string of the molecule is O=C(O)c1nc(=O)[nH]c2ccccc12. The number of fused-ring (bicyclic) bond motifs is 1.